The Bertz CT molecular complexity index is 1810. The fourth-order valence-electron chi connectivity index (χ4n) is 7.38. The largest absolute Gasteiger partial charge is 0.504 e. The van der Waals surface area contributed by atoms with Crippen molar-refractivity contribution in [3.8, 4) is 51.7 Å². The predicted octanol–water partition coefficient (Wildman–Crippen LogP) is 6.87. The van der Waals surface area contributed by atoms with Gasteiger partial charge < -0.3 is 33.5 Å². The molecule has 0 spiro atoms. The van der Waals surface area contributed by atoms with E-state index in [1.54, 1.807) is 28.4 Å². The summed E-state index contributed by atoms with van der Waals surface area (Å²) in [5.74, 6) is 4.53. The number of likely N-dealkylation sites (N-methyl/N-ethyl adjacent to an activating group) is 2. The Labute approximate surface area is 276 Å². The second-order valence-corrected chi connectivity index (χ2v) is 12.6. The Balaban J connectivity index is 1.48. The molecular weight excluding hydrogens is 596 g/mol. The van der Waals surface area contributed by atoms with E-state index in [2.05, 4.69) is 60.3 Å². The van der Waals surface area contributed by atoms with Crippen LogP contribution >= 0.6 is 0 Å². The van der Waals surface area contributed by atoms with E-state index in [0.29, 0.717) is 47.3 Å². The number of rotatable bonds is 4. The van der Waals surface area contributed by atoms with E-state index >= 15 is 0 Å². The molecule has 4 aromatic rings. The third-order valence-electron chi connectivity index (χ3n) is 9.97. The van der Waals surface area contributed by atoms with E-state index in [4.69, 9.17) is 28.4 Å². The Morgan fingerprint density at radius 1 is 0.681 bits per heavy atom. The van der Waals surface area contributed by atoms with Crippen molar-refractivity contribution in [2.45, 2.75) is 37.8 Å². The summed E-state index contributed by atoms with van der Waals surface area (Å²) in [6.07, 6.45) is 2.95. The highest BCUT2D eigenvalue weighted by molar-refractivity contribution is 5.69. The molecule has 0 radical (unpaired) electrons. The highest BCUT2D eigenvalue weighted by Gasteiger charge is 2.37. The molecular formula is C38H42N2O7. The zero-order valence-corrected chi connectivity index (χ0v) is 27.9. The van der Waals surface area contributed by atoms with Crippen LogP contribution in [0.5, 0.6) is 51.7 Å². The maximum absolute atomic E-state index is 11.5. The number of fused-ring (bicyclic) bond motifs is 2. The van der Waals surface area contributed by atoms with Gasteiger partial charge in [-0.15, -0.1) is 0 Å². The molecule has 246 valence electrons. The van der Waals surface area contributed by atoms with Gasteiger partial charge in [0.05, 0.1) is 28.4 Å². The summed E-state index contributed by atoms with van der Waals surface area (Å²) in [5, 5.41) is 11.5. The lowest BCUT2D eigenvalue weighted by Gasteiger charge is -2.37. The van der Waals surface area contributed by atoms with Crippen molar-refractivity contribution in [3.63, 3.8) is 0 Å². The quantitative estimate of drug-likeness (QED) is 0.258. The van der Waals surface area contributed by atoms with Crippen molar-refractivity contribution < 1.29 is 33.5 Å². The molecule has 0 fully saturated rings. The highest BCUT2D eigenvalue weighted by Crippen LogP contribution is 2.56. The van der Waals surface area contributed by atoms with Crippen molar-refractivity contribution in [2.24, 2.45) is 0 Å². The second kappa shape index (κ2) is 12.5. The van der Waals surface area contributed by atoms with Gasteiger partial charge in [0, 0.05) is 36.3 Å². The lowest BCUT2D eigenvalue weighted by Crippen LogP contribution is -2.34. The van der Waals surface area contributed by atoms with Crippen LogP contribution in [-0.2, 0) is 25.7 Å². The molecule has 47 heavy (non-hydrogen) atoms. The van der Waals surface area contributed by atoms with Crippen LogP contribution in [-0.4, -0.2) is 70.5 Å². The average molecular weight is 639 g/mol. The van der Waals surface area contributed by atoms with E-state index in [1.165, 1.54) is 11.1 Å². The van der Waals surface area contributed by atoms with Crippen LogP contribution < -0.4 is 28.4 Å². The number of ether oxygens (including phenoxy) is 6. The number of phenolic OH excluding ortho intramolecular Hbond substituents is 1. The van der Waals surface area contributed by atoms with Crippen LogP contribution in [0, 0.1) is 0 Å². The number of methoxy groups -OCH3 is 4. The summed E-state index contributed by atoms with van der Waals surface area (Å²) in [6.45, 7) is 1.67. The molecule has 4 heterocycles. The van der Waals surface area contributed by atoms with Crippen LogP contribution in [0.25, 0.3) is 0 Å². The van der Waals surface area contributed by atoms with Gasteiger partial charge in [-0.25, -0.2) is 0 Å². The summed E-state index contributed by atoms with van der Waals surface area (Å²) in [5.41, 5.74) is 6.33. The van der Waals surface area contributed by atoms with Gasteiger partial charge in [0.2, 0.25) is 11.5 Å². The van der Waals surface area contributed by atoms with Crippen LogP contribution in [0.2, 0.25) is 0 Å². The molecule has 6 bridgehead atoms. The number of benzene rings is 4. The first-order chi connectivity index (χ1) is 22.8. The smallest absolute Gasteiger partial charge is 0.208 e. The summed E-state index contributed by atoms with van der Waals surface area (Å²) >= 11 is 0. The van der Waals surface area contributed by atoms with Gasteiger partial charge >= 0.3 is 0 Å². The predicted molar refractivity (Wildman–Crippen MR) is 179 cm³/mol. The van der Waals surface area contributed by atoms with E-state index in [-0.39, 0.29) is 23.6 Å². The minimum Gasteiger partial charge on any atom is -0.504 e. The number of hydrogen-bond donors (Lipinski definition) is 1. The molecule has 2 atom stereocenters. The van der Waals surface area contributed by atoms with Gasteiger partial charge in [-0.2, -0.15) is 0 Å². The van der Waals surface area contributed by atoms with Gasteiger partial charge in [0.25, 0.3) is 0 Å². The number of aromatic hydroxyl groups is 1. The Morgan fingerprint density at radius 2 is 1.34 bits per heavy atom. The zero-order chi connectivity index (χ0) is 32.8. The molecule has 0 amide bonds. The summed E-state index contributed by atoms with van der Waals surface area (Å²) in [4.78, 5) is 4.69. The van der Waals surface area contributed by atoms with E-state index in [1.807, 2.05) is 18.2 Å². The van der Waals surface area contributed by atoms with Crippen molar-refractivity contribution >= 4 is 0 Å². The van der Waals surface area contributed by atoms with Crippen molar-refractivity contribution in [3.05, 3.63) is 88.0 Å². The Kier molecular flexibility index (Phi) is 8.28. The lowest BCUT2D eigenvalue weighted by molar-refractivity contribution is 0.216. The molecule has 0 unspecified atom stereocenters. The van der Waals surface area contributed by atoms with Crippen molar-refractivity contribution in [1.82, 2.24) is 9.80 Å². The number of phenols is 1. The molecule has 8 rings (SSSR count). The molecule has 4 aliphatic rings. The van der Waals surface area contributed by atoms with Gasteiger partial charge in [0.1, 0.15) is 5.75 Å². The fourth-order valence-corrected chi connectivity index (χ4v) is 7.38. The minimum atomic E-state index is -0.121. The Morgan fingerprint density at radius 3 is 2.06 bits per heavy atom. The van der Waals surface area contributed by atoms with Crippen molar-refractivity contribution in [2.75, 3.05) is 55.6 Å². The summed E-state index contributed by atoms with van der Waals surface area (Å²) in [7, 11) is 10.7. The van der Waals surface area contributed by atoms with Crippen molar-refractivity contribution in [1.29, 1.82) is 0 Å². The molecule has 0 saturated heterocycles. The minimum absolute atomic E-state index is 0.0791. The molecule has 0 aliphatic carbocycles. The monoisotopic (exact) mass is 638 g/mol. The normalized spacial score (nSPS) is 19.0. The maximum Gasteiger partial charge on any atom is 0.208 e. The molecule has 4 aliphatic heterocycles. The summed E-state index contributed by atoms with van der Waals surface area (Å²) in [6, 6.07) is 18.5. The first-order valence-corrected chi connectivity index (χ1v) is 16.1. The van der Waals surface area contributed by atoms with Gasteiger partial charge in [-0.05, 0) is 98.4 Å². The van der Waals surface area contributed by atoms with Gasteiger partial charge in [-0.1, -0.05) is 18.2 Å². The maximum atomic E-state index is 11.5. The van der Waals surface area contributed by atoms with Crippen LogP contribution in [0.1, 0.15) is 45.5 Å². The van der Waals surface area contributed by atoms with Gasteiger partial charge in [-0.3, -0.25) is 9.80 Å². The molecule has 9 heteroatoms. The molecule has 1 N–H and O–H groups in total. The molecule has 9 nitrogen and oxygen atoms in total. The number of nitrogens with zero attached hydrogens (tertiary/aromatic N) is 2. The van der Waals surface area contributed by atoms with E-state index in [9.17, 15) is 5.11 Å². The van der Waals surface area contributed by atoms with Crippen LogP contribution in [0.3, 0.4) is 0 Å². The topological polar surface area (TPSA) is 82.1 Å². The third-order valence-corrected chi connectivity index (χ3v) is 9.97. The third kappa shape index (κ3) is 5.47. The number of hydrogen-bond acceptors (Lipinski definition) is 9. The molecule has 0 aromatic heterocycles. The SMILES string of the molecule is COc1ccc2cc1Oc1ccc(cc1)C[C@@H]1c3c(c(O)c(OC)c(OC)c3Oc3cc4c(cc3OC)CCN(C)[C@@H]4C2)CCN1C. The second-order valence-electron chi connectivity index (χ2n) is 12.6. The lowest BCUT2D eigenvalue weighted by atomic mass is 9.86. The van der Waals surface area contributed by atoms with Crippen LogP contribution in [0.4, 0.5) is 0 Å². The Hall–Kier alpha value is -4.60. The fraction of sp³-hybridized carbons (Fsp3) is 0.368. The first-order valence-electron chi connectivity index (χ1n) is 16.1. The van der Waals surface area contributed by atoms with E-state index < -0.39 is 0 Å². The molecule has 4 aromatic carbocycles. The standard InChI is InChI=1S/C38H42N2O7/c1-39-15-13-24-20-31(43-4)33-21-27(24)28(39)18-23-9-12-30(42-3)32(19-23)46-25-10-7-22(8-11-25)17-29-34-26(14-16-40(29)2)35(41)37(44-5)38(45-6)36(34)47-33/h7-12,19-21,28-29,41H,13-18H2,1-6H3/t28-,29-/m1/s1. The van der Waals surface area contributed by atoms with Crippen LogP contribution in [0.15, 0.2) is 54.6 Å². The summed E-state index contributed by atoms with van der Waals surface area (Å²) < 4.78 is 36.7. The molecule has 0 saturated carbocycles. The van der Waals surface area contributed by atoms with Gasteiger partial charge in [0.15, 0.2) is 34.5 Å². The first kappa shape index (κ1) is 31.0. The average Bonchev–Trinajstić information content (AvgIpc) is 3.08. The highest BCUT2D eigenvalue weighted by atomic mass is 16.5. The zero-order valence-electron chi connectivity index (χ0n) is 27.9. The van der Waals surface area contributed by atoms with E-state index in [0.717, 1.165) is 53.9 Å².